The fourth-order valence-corrected chi connectivity index (χ4v) is 4.73. The van der Waals surface area contributed by atoms with E-state index in [-0.39, 0.29) is 15.5 Å². The molecule has 1 aromatic heterocycles. The Hall–Kier alpha value is -3.49. The molecular formula is C22H16ClN3O4S. The molecule has 0 fully saturated rings. The van der Waals surface area contributed by atoms with Gasteiger partial charge >= 0.3 is 5.97 Å². The lowest BCUT2D eigenvalue weighted by molar-refractivity contribution is 0.0600. The maximum atomic E-state index is 12.9. The van der Waals surface area contributed by atoms with Crippen LogP contribution in [0.25, 0.3) is 22.2 Å². The molecule has 0 spiro atoms. The van der Waals surface area contributed by atoms with Gasteiger partial charge in [0, 0.05) is 16.6 Å². The average Bonchev–Trinajstić information content (AvgIpc) is 2.77. The summed E-state index contributed by atoms with van der Waals surface area (Å²) in [6.45, 7) is 0. The van der Waals surface area contributed by atoms with Gasteiger partial charge in [0.2, 0.25) is 0 Å². The van der Waals surface area contributed by atoms with Crippen LogP contribution < -0.4 is 4.72 Å². The Morgan fingerprint density at radius 3 is 2.58 bits per heavy atom. The van der Waals surface area contributed by atoms with Gasteiger partial charge in [-0.15, -0.1) is 0 Å². The Bertz CT molecular complexity index is 1400. The number of carbonyl (C=O) groups excluding carboxylic acids is 1. The number of methoxy groups -OCH3 is 1. The first kappa shape index (κ1) is 20.8. The number of carbonyl (C=O) groups is 1. The SMILES string of the molecule is COC(=O)c1ccc(S(=O)(=O)Nc2cccc(-c3ncnc4ccccc34)c2)c(Cl)c1. The summed E-state index contributed by atoms with van der Waals surface area (Å²) in [7, 11) is -2.77. The number of para-hydroxylation sites is 1. The van der Waals surface area contributed by atoms with Crippen LogP contribution in [0.15, 0.2) is 78.0 Å². The van der Waals surface area contributed by atoms with Crippen molar-refractivity contribution in [2.24, 2.45) is 0 Å². The molecule has 9 heteroatoms. The first-order valence-electron chi connectivity index (χ1n) is 9.10. The van der Waals surface area contributed by atoms with Crippen LogP contribution in [0.4, 0.5) is 5.69 Å². The molecule has 156 valence electrons. The number of anilines is 1. The second-order valence-corrected chi connectivity index (χ2v) is 8.62. The zero-order chi connectivity index (χ0) is 22.0. The van der Waals surface area contributed by atoms with E-state index in [0.717, 1.165) is 16.5 Å². The Balaban J connectivity index is 1.68. The number of nitrogens with zero attached hydrogens (tertiary/aromatic N) is 2. The standard InChI is InChI=1S/C22H16ClN3O4S/c1-30-22(27)15-9-10-20(18(23)12-15)31(28,29)26-16-6-4-5-14(11-16)21-17-7-2-3-8-19(17)24-13-25-21/h2-13,26H,1H3. The van der Waals surface area contributed by atoms with Crippen LogP contribution in [0.3, 0.4) is 0 Å². The van der Waals surface area contributed by atoms with E-state index >= 15 is 0 Å². The fourth-order valence-electron chi connectivity index (χ4n) is 3.14. The first-order chi connectivity index (χ1) is 14.9. The van der Waals surface area contributed by atoms with Crippen molar-refractivity contribution in [1.82, 2.24) is 9.97 Å². The van der Waals surface area contributed by atoms with E-state index in [1.165, 1.54) is 31.6 Å². The summed E-state index contributed by atoms with van der Waals surface area (Å²) in [5, 5.41) is 0.764. The van der Waals surface area contributed by atoms with Crippen molar-refractivity contribution in [3.63, 3.8) is 0 Å². The number of benzene rings is 3. The van der Waals surface area contributed by atoms with Gasteiger partial charge in [-0.3, -0.25) is 4.72 Å². The number of aromatic nitrogens is 2. The van der Waals surface area contributed by atoms with Gasteiger partial charge in [0.15, 0.2) is 0 Å². The second kappa shape index (κ2) is 8.33. The molecule has 1 heterocycles. The lowest BCUT2D eigenvalue weighted by Crippen LogP contribution is -2.14. The van der Waals surface area contributed by atoms with Gasteiger partial charge in [0.05, 0.1) is 28.9 Å². The summed E-state index contributed by atoms with van der Waals surface area (Å²) in [6, 6.07) is 18.3. The highest BCUT2D eigenvalue weighted by Gasteiger charge is 2.20. The minimum absolute atomic E-state index is 0.0895. The number of rotatable bonds is 5. The van der Waals surface area contributed by atoms with Crippen molar-refractivity contribution in [3.8, 4) is 11.3 Å². The number of sulfonamides is 1. The quantitative estimate of drug-likeness (QED) is 0.445. The summed E-state index contributed by atoms with van der Waals surface area (Å²) in [6.07, 6.45) is 1.47. The van der Waals surface area contributed by atoms with E-state index in [1.807, 2.05) is 30.3 Å². The third-order valence-corrected chi connectivity index (χ3v) is 6.44. The smallest absolute Gasteiger partial charge is 0.337 e. The molecule has 1 N–H and O–H groups in total. The third-order valence-electron chi connectivity index (χ3n) is 4.57. The lowest BCUT2D eigenvalue weighted by atomic mass is 10.1. The lowest BCUT2D eigenvalue weighted by Gasteiger charge is -2.12. The first-order valence-corrected chi connectivity index (χ1v) is 11.0. The Labute approximate surface area is 183 Å². The third kappa shape index (κ3) is 4.21. The predicted molar refractivity (Wildman–Crippen MR) is 119 cm³/mol. The van der Waals surface area contributed by atoms with E-state index in [0.29, 0.717) is 11.4 Å². The zero-order valence-electron chi connectivity index (χ0n) is 16.2. The topological polar surface area (TPSA) is 98.2 Å². The Kier molecular flexibility index (Phi) is 5.58. The summed E-state index contributed by atoms with van der Waals surface area (Å²) in [5.74, 6) is -0.608. The van der Waals surface area contributed by atoms with E-state index in [4.69, 9.17) is 11.6 Å². The highest BCUT2D eigenvalue weighted by atomic mass is 35.5. The zero-order valence-corrected chi connectivity index (χ0v) is 17.8. The summed E-state index contributed by atoms with van der Waals surface area (Å²) in [4.78, 5) is 20.1. The summed E-state index contributed by atoms with van der Waals surface area (Å²) < 4.78 is 32.9. The largest absolute Gasteiger partial charge is 0.465 e. The molecule has 7 nitrogen and oxygen atoms in total. The minimum Gasteiger partial charge on any atom is -0.465 e. The van der Waals surface area contributed by atoms with Gasteiger partial charge in [-0.05, 0) is 36.4 Å². The van der Waals surface area contributed by atoms with Crippen molar-refractivity contribution >= 4 is 44.2 Å². The Morgan fingerprint density at radius 2 is 1.81 bits per heavy atom. The molecule has 4 aromatic rings. The molecule has 31 heavy (non-hydrogen) atoms. The molecule has 3 aromatic carbocycles. The normalized spacial score (nSPS) is 11.3. The molecule has 0 amide bonds. The minimum atomic E-state index is -4.00. The molecule has 4 rings (SSSR count). The van der Waals surface area contributed by atoms with Crippen LogP contribution in [-0.4, -0.2) is 31.5 Å². The molecule has 0 aliphatic heterocycles. The van der Waals surface area contributed by atoms with E-state index in [9.17, 15) is 13.2 Å². The average molecular weight is 454 g/mol. The summed E-state index contributed by atoms with van der Waals surface area (Å²) >= 11 is 6.13. The van der Waals surface area contributed by atoms with Crippen LogP contribution in [0, 0.1) is 0 Å². The van der Waals surface area contributed by atoms with Crippen molar-refractivity contribution in [2.75, 3.05) is 11.8 Å². The number of halogens is 1. The monoisotopic (exact) mass is 453 g/mol. The van der Waals surface area contributed by atoms with E-state index in [1.54, 1.807) is 18.2 Å². The van der Waals surface area contributed by atoms with Crippen molar-refractivity contribution in [1.29, 1.82) is 0 Å². The van der Waals surface area contributed by atoms with Crippen molar-refractivity contribution < 1.29 is 17.9 Å². The molecule has 0 atom stereocenters. The molecule has 0 saturated heterocycles. The number of hydrogen-bond donors (Lipinski definition) is 1. The van der Waals surface area contributed by atoms with Gasteiger partial charge in [0.1, 0.15) is 11.2 Å². The number of hydrogen-bond acceptors (Lipinski definition) is 6. The molecular weight excluding hydrogens is 438 g/mol. The molecule has 0 saturated carbocycles. The van der Waals surface area contributed by atoms with Gasteiger partial charge in [-0.2, -0.15) is 0 Å². The van der Waals surface area contributed by atoms with Crippen LogP contribution >= 0.6 is 11.6 Å². The molecule has 0 unspecified atom stereocenters. The van der Waals surface area contributed by atoms with Crippen LogP contribution in [-0.2, 0) is 14.8 Å². The molecule has 0 bridgehead atoms. The maximum Gasteiger partial charge on any atom is 0.337 e. The number of ether oxygens (including phenoxy) is 1. The fraction of sp³-hybridized carbons (Fsp3) is 0.0455. The van der Waals surface area contributed by atoms with E-state index < -0.39 is 16.0 Å². The van der Waals surface area contributed by atoms with Gasteiger partial charge in [0.25, 0.3) is 10.0 Å². The van der Waals surface area contributed by atoms with E-state index in [2.05, 4.69) is 19.4 Å². The summed E-state index contributed by atoms with van der Waals surface area (Å²) in [5.41, 5.74) is 2.70. The highest BCUT2D eigenvalue weighted by Crippen LogP contribution is 2.29. The van der Waals surface area contributed by atoms with Crippen LogP contribution in [0.2, 0.25) is 5.02 Å². The van der Waals surface area contributed by atoms with Crippen molar-refractivity contribution in [3.05, 3.63) is 83.6 Å². The molecule has 0 radical (unpaired) electrons. The molecule has 0 aliphatic carbocycles. The predicted octanol–water partition coefficient (Wildman–Crippen LogP) is 4.54. The number of esters is 1. The van der Waals surface area contributed by atoms with Crippen LogP contribution in [0.5, 0.6) is 0 Å². The maximum absolute atomic E-state index is 12.9. The molecule has 0 aliphatic rings. The van der Waals surface area contributed by atoms with Crippen molar-refractivity contribution in [2.45, 2.75) is 4.90 Å². The van der Waals surface area contributed by atoms with Gasteiger partial charge < -0.3 is 4.74 Å². The van der Waals surface area contributed by atoms with Crippen LogP contribution in [0.1, 0.15) is 10.4 Å². The number of nitrogens with one attached hydrogen (secondary N) is 1. The number of fused-ring (bicyclic) bond motifs is 1. The highest BCUT2D eigenvalue weighted by molar-refractivity contribution is 7.92. The Morgan fingerprint density at radius 1 is 1.00 bits per heavy atom. The van der Waals surface area contributed by atoms with Gasteiger partial charge in [-0.25, -0.2) is 23.2 Å². The second-order valence-electron chi connectivity index (χ2n) is 6.56. The van der Waals surface area contributed by atoms with Gasteiger partial charge in [-0.1, -0.05) is 41.9 Å².